The van der Waals surface area contributed by atoms with E-state index < -0.39 is 0 Å². The molecule has 0 saturated heterocycles. The van der Waals surface area contributed by atoms with Gasteiger partial charge in [0, 0.05) is 6.04 Å². The minimum absolute atomic E-state index is 0.656. The number of aromatic nitrogens is 4. The maximum absolute atomic E-state index is 3.86. The highest BCUT2D eigenvalue weighted by Crippen LogP contribution is 2.26. The number of nitrogens with one attached hydrogen (secondary N) is 2. The molecule has 2 unspecified atom stereocenters. The lowest BCUT2D eigenvalue weighted by molar-refractivity contribution is 0.227. The zero-order valence-corrected chi connectivity index (χ0v) is 7.12. The molecule has 1 aliphatic rings. The highest BCUT2D eigenvalue weighted by molar-refractivity contribution is 4.86. The molecule has 2 N–H and O–H groups in total. The lowest BCUT2D eigenvalue weighted by atomic mass is 9.81. The average Bonchev–Trinajstić information content (AvgIpc) is 2.54. The summed E-state index contributed by atoms with van der Waals surface area (Å²) in [4.78, 5) is 0. The predicted octanol–water partition coefficient (Wildman–Crippen LogP) is 0.0878. The summed E-state index contributed by atoms with van der Waals surface area (Å²) in [7, 11) is 0. The maximum atomic E-state index is 3.86. The van der Waals surface area contributed by atoms with E-state index in [2.05, 4.69) is 32.9 Å². The Morgan fingerprint density at radius 1 is 1.58 bits per heavy atom. The Morgan fingerprint density at radius 3 is 3.00 bits per heavy atom. The van der Waals surface area contributed by atoms with Gasteiger partial charge in [0.15, 0.2) is 5.82 Å². The standard InChI is InChI=1S/C7H13N5/c1-5-2-3-6(5)8-4-7-9-11-12-10-7/h5-6,8H,2-4H2,1H3,(H,9,10,11,12). The first-order valence-electron chi connectivity index (χ1n) is 4.32. The summed E-state index contributed by atoms with van der Waals surface area (Å²) in [6, 6.07) is 0.656. The number of rotatable bonds is 3. The SMILES string of the molecule is CC1CCC1NCc1nn[nH]n1. The van der Waals surface area contributed by atoms with Gasteiger partial charge in [0.05, 0.1) is 6.54 Å². The number of hydrogen-bond acceptors (Lipinski definition) is 4. The fraction of sp³-hybridized carbons (Fsp3) is 0.857. The molecule has 5 heteroatoms. The van der Waals surface area contributed by atoms with Crippen LogP contribution < -0.4 is 5.32 Å². The van der Waals surface area contributed by atoms with Crippen molar-refractivity contribution in [2.75, 3.05) is 0 Å². The fourth-order valence-corrected chi connectivity index (χ4v) is 1.45. The molecule has 0 spiro atoms. The highest BCUT2D eigenvalue weighted by Gasteiger charge is 2.25. The van der Waals surface area contributed by atoms with Crippen molar-refractivity contribution in [1.82, 2.24) is 25.9 Å². The number of aromatic amines is 1. The zero-order chi connectivity index (χ0) is 8.39. The van der Waals surface area contributed by atoms with Crippen LogP contribution in [0.3, 0.4) is 0 Å². The second-order valence-corrected chi connectivity index (χ2v) is 3.37. The van der Waals surface area contributed by atoms with Crippen molar-refractivity contribution in [3.05, 3.63) is 5.82 Å². The molecule has 66 valence electrons. The summed E-state index contributed by atoms with van der Waals surface area (Å²) in [6.07, 6.45) is 2.61. The highest BCUT2D eigenvalue weighted by atomic mass is 15.5. The van der Waals surface area contributed by atoms with Gasteiger partial charge < -0.3 is 5.32 Å². The molecule has 2 atom stereocenters. The second kappa shape index (κ2) is 3.18. The van der Waals surface area contributed by atoms with E-state index in [0.29, 0.717) is 6.04 Å². The van der Waals surface area contributed by atoms with Crippen molar-refractivity contribution in [3.63, 3.8) is 0 Å². The Morgan fingerprint density at radius 2 is 2.50 bits per heavy atom. The van der Waals surface area contributed by atoms with Gasteiger partial charge in [0.1, 0.15) is 0 Å². The monoisotopic (exact) mass is 167 g/mol. The largest absolute Gasteiger partial charge is 0.307 e. The van der Waals surface area contributed by atoms with Crippen LogP contribution in [0.5, 0.6) is 0 Å². The molecule has 1 aliphatic carbocycles. The Balaban J connectivity index is 1.75. The average molecular weight is 167 g/mol. The second-order valence-electron chi connectivity index (χ2n) is 3.37. The molecule has 1 fully saturated rings. The molecule has 0 amide bonds. The molecule has 0 bridgehead atoms. The van der Waals surface area contributed by atoms with Gasteiger partial charge in [-0.2, -0.15) is 5.21 Å². The van der Waals surface area contributed by atoms with Crippen LogP contribution in [0.15, 0.2) is 0 Å². The zero-order valence-electron chi connectivity index (χ0n) is 7.12. The minimum atomic E-state index is 0.656. The molecule has 1 aromatic heterocycles. The van der Waals surface area contributed by atoms with E-state index >= 15 is 0 Å². The third kappa shape index (κ3) is 1.45. The van der Waals surface area contributed by atoms with Crippen LogP contribution in [-0.4, -0.2) is 26.7 Å². The van der Waals surface area contributed by atoms with Gasteiger partial charge in [0.25, 0.3) is 0 Å². The lowest BCUT2D eigenvalue weighted by Crippen LogP contribution is -2.42. The third-order valence-electron chi connectivity index (χ3n) is 2.53. The molecule has 1 heterocycles. The Labute approximate surface area is 70.9 Å². The molecule has 1 aromatic rings. The van der Waals surface area contributed by atoms with Gasteiger partial charge in [-0.25, -0.2) is 0 Å². The molecule has 1 saturated carbocycles. The van der Waals surface area contributed by atoms with Crippen molar-refractivity contribution < 1.29 is 0 Å². The number of hydrogen-bond donors (Lipinski definition) is 2. The maximum Gasteiger partial charge on any atom is 0.188 e. The Bertz CT molecular complexity index is 232. The molecule has 0 radical (unpaired) electrons. The van der Waals surface area contributed by atoms with Crippen LogP contribution in [0.2, 0.25) is 0 Å². The Kier molecular flexibility index (Phi) is 2.03. The molecule has 2 rings (SSSR count). The summed E-state index contributed by atoms with van der Waals surface area (Å²) in [6.45, 7) is 2.99. The van der Waals surface area contributed by atoms with E-state index in [1.165, 1.54) is 12.8 Å². The smallest absolute Gasteiger partial charge is 0.188 e. The van der Waals surface area contributed by atoms with Crippen molar-refractivity contribution in [2.24, 2.45) is 5.92 Å². The molecule has 0 aromatic carbocycles. The summed E-state index contributed by atoms with van der Waals surface area (Å²) >= 11 is 0. The predicted molar refractivity (Wildman–Crippen MR) is 43.2 cm³/mol. The summed E-state index contributed by atoms with van der Waals surface area (Å²) in [5.41, 5.74) is 0. The first-order chi connectivity index (χ1) is 5.86. The van der Waals surface area contributed by atoms with Gasteiger partial charge in [-0.05, 0) is 18.8 Å². The van der Waals surface area contributed by atoms with E-state index in [1.807, 2.05) is 0 Å². The minimum Gasteiger partial charge on any atom is -0.307 e. The van der Waals surface area contributed by atoms with Crippen LogP contribution >= 0.6 is 0 Å². The van der Waals surface area contributed by atoms with E-state index in [0.717, 1.165) is 18.3 Å². The van der Waals surface area contributed by atoms with E-state index in [-0.39, 0.29) is 0 Å². The van der Waals surface area contributed by atoms with Gasteiger partial charge in [0.2, 0.25) is 0 Å². The van der Waals surface area contributed by atoms with E-state index in [4.69, 9.17) is 0 Å². The van der Waals surface area contributed by atoms with Crippen LogP contribution in [0.1, 0.15) is 25.6 Å². The van der Waals surface area contributed by atoms with E-state index in [1.54, 1.807) is 0 Å². The van der Waals surface area contributed by atoms with Gasteiger partial charge >= 0.3 is 0 Å². The van der Waals surface area contributed by atoms with Crippen LogP contribution in [-0.2, 0) is 6.54 Å². The van der Waals surface area contributed by atoms with Crippen molar-refractivity contribution in [2.45, 2.75) is 32.4 Å². The number of nitrogens with zero attached hydrogens (tertiary/aromatic N) is 3. The topological polar surface area (TPSA) is 66.5 Å². The first kappa shape index (κ1) is 7.67. The van der Waals surface area contributed by atoms with Crippen molar-refractivity contribution >= 4 is 0 Å². The van der Waals surface area contributed by atoms with Crippen LogP contribution in [0.4, 0.5) is 0 Å². The third-order valence-corrected chi connectivity index (χ3v) is 2.53. The summed E-state index contributed by atoms with van der Waals surface area (Å²) in [5.74, 6) is 1.55. The van der Waals surface area contributed by atoms with Crippen molar-refractivity contribution in [3.8, 4) is 0 Å². The molecular formula is C7H13N5. The van der Waals surface area contributed by atoms with Crippen molar-refractivity contribution in [1.29, 1.82) is 0 Å². The van der Waals surface area contributed by atoms with E-state index in [9.17, 15) is 0 Å². The molecule has 0 aliphatic heterocycles. The summed E-state index contributed by atoms with van der Waals surface area (Å²) in [5, 5.41) is 17.0. The first-order valence-corrected chi connectivity index (χ1v) is 4.32. The van der Waals surface area contributed by atoms with Crippen LogP contribution in [0.25, 0.3) is 0 Å². The van der Waals surface area contributed by atoms with Gasteiger partial charge in [-0.1, -0.05) is 12.1 Å². The Hall–Kier alpha value is -0.970. The van der Waals surface area contributed by atoms with Gasteiger partial charge in [-0.15, -0.1) is 10.2 Å². The molecule has 5 nitrogen and oxygen atoms in total. The lowest BCUT2D eigenvalue weighted by Gasteiger charge is -2.34. The quantitative estimate of drug-likeness (QED) is 0.669. The fourth-order valence-electron chi connectivity index (χ4n) is 1.45. The van der Waals surface area contributed by atoms with Crippen LogP contribution in [0, 0.1) is 5.92 Å². The van der Waals surface area contributed by atoms with Gasteiger partial charge in [-0.3, -0.25) is 0 Å². The summed E-state index contributed by atoms with van der Waals surface area (Å²) < 4.78 is 0. The number of tetrazole rings is 1. The number of H-pyrrole nitrogens is 1. The normalized spacial score (nSPS) is 28.4. The molecular weight excluding hydrogens is 154 g/mol. The molecule has 12 heavy (non-hydrogen) atoms.